The Morgan fingerprint density at radius 2 is 2.31 bits per heavy atom. The third-order valence-electron chi connectivity index (χ3n) is 2.63. The Balaban J connectivity index is 2.20. The minimum Gasteiger partial charge on any atom is -0.481 e. The molecule has 0 aromatic heterocycles. The number of hydrogen-bond donors (Lipinski definition) is 2. The molecule has 1 aliphatic rings. The lowest BCUT2D eigenvalue weighted by molar-refractivity contribution is -0.141. The number of nitrogens with zero attached hydrogens (tertiary/aromatic N) is 1. The molecule has 1 fully saturated rings. The van der Waals surface area contributed by atoms with Gasteiger partial charge in [-0.1, -0.05) is 0 Å². The van der Waals surface area contributed by atoms with Crippen LogP contribution in [-0.2, 0) is 4.79 Å². The van der Waals surface area contributed by atoms with Crippen molar-refractivity contribution >= 4 is 23.8 Å². The van der Waals surface area contributed by atoms with E-state index in [4.69, 9.17) is 5.11 Å². The van der Waals surface area contributed by atoms with Gasteiger partial charge in [-0.25, -0.2) is 4.79 Å². The van der Waals surface area contributed by atoms with Crippen molar-refractivity contribution in [2.24, 2.45) is 5.92 Å². The lowest BCUT2D eigenvalue weighted by atomic mass is 10.1. The topological polar surface area (TPSA) is 69.6 Å². The van der Waals surface area contributed by atoms with E-state index >= 15 is 0 Å². The van der Waals surface area contributed by atoms with Gasteiger partial charge in [0.1, 0.15) is 0 Å². The molecule has 5 nitrogen and oxygen atoms in total. The van der Waals surface area contributed by atoms with Crippen molar-refractivity contribution in [3.63, 3.8) is 0 Å². The Kier molecular flexibility index (Phi) is 5.45. The molecule has 1 heterocycles. The van der Waals surface area contributed by atoms with Crippen LogP contribution in [0.25, 0.3) is 0 Å². The maximum atomic E-state index is 11.6. The summed E-state index contributed by atoms with van der Waals surface area (Å²) in [6.07, 6.45) is 3.54. The summed E-state index contributed by atoms with van der Waals surface area (Å²) in [7, 11) is 0. The number of likely N-dealkylation sites (tertiary alicyclic amines) is 1. The van der Waals surface area contributed by atoms with Crippen LogP contribution in [-0.4, -0.2) is 53.6 Å². The van der Waals surface area contributed by atoms with Crippen LogP contribution >= 0.6 is 11.8 Å². The minimum absolute atomic E-state index is 0.134. The van der Waals surface area contributed by atoms with Crippen LogP contribution in [0, 0.1) is 5.92 Å². The van der Waals surface area contributed by atoms with Crippen LogP contribution in [0.2, 0.25) is 0 Å². The van der Waals surface area contributed by atoms with Crippen molar-refractivity contribution in [2.45, 2.75) is 12.8 Å². The van der Waals surface area contributed by atoms with Crippen LogP contribution < -0.4 is 5.32 Å². The van der Waals surface area contributed by atoms with Gasteiger partial charge in [0.05, 0.1) is 5.92 Å². The van der Waals surface area contributed by atoms with Crippen LogP contribution in [0.5, 0.6) is 0 Å². The fourth-order valence-corrected chi connectivity index (χ4v) is 2.10. The van der Waals surface area contributed by atoms with Crippen molar-refractivity contribution in [3.05, 3.63) is 0 Å². The van der Waals surface area contributed by atoms with Crippen LogP contribution in [0.3, 0.4) is 0 Å². The Morgan fingerprint density at radius 1 is 1.56 bits per heavy atom. The summed E-state index contributed by atoms with van der Waals surface area (Å²) in [5, 5.41) is 11.6. The van der Waals surface area contributed by atoms with Gasteiger partial charge in [0, 0.05) is 19.6 Å². The van der Waals surface area contributed by atoms with Crippen molar-refractivity contribution in [1.82, 2.24) is 10.2 Å². The number of hydrogen-bond acceptors (Lipinski definition) is 3. The first kappa shape index (κ1) is 13.2. The highest BCUT2D eigenvalue weighted by atomic mass is 32.2. The normalized spacial score (nSPS) is 19.8. The molecule has 0 saturated carbocycles. The number of amides is 2. The van der Waals surface area contributed by atoms with Gasteiger partial charge in [-0.15, -0.1) is 0 Å². The number of aliphatic carboxylic acids is 1. The molecular weight excluding hydrogens is 228 g/mol. The van der Waals surface area contributed by atoms with Gasteiger partial charge in [-0.3, -0.25) is 4.79 Å². The van der Waals surface area contributed by atoms with Crippen LogP contribution in [0.4, 0.5) is 4.79 Å². The number of carbonyl (C=O) groups is 2. The molecule has 1 rings (SSSR count). The molecule has 2 amide bonds. The SMILES string of the molecule is CSCCCNC(=O)N1CCC(C(=O)O)C1. The number of urea groups is 1. The summed E-state index contributed by atoms with van der Waals surface area (Å²) in [6.45, 7) is 1.54. The Morgan fingerprint density at radius 3 is 2.88 bits per heavy atom. The summed E-state index contributed by atoms with van der Waals surface area (Å²) in [5.74, 6) is -0.174. The highest BCUT2D eigenvalue weighted by molar-refractivity contribution is 7.98. The van der Waals surface area contributed by atoms with E-state index in [2.05, 4.69) is 5.32 Å². The first-order valence-electron chi connectivity index (χ1n) is 5.39. The molecule has 1 aliphatic heterocycles. The second kappa shape index (κ2) is 6.62. The largest absolute Gasteiger partial charge is 0.481 e. The summed E-state index contributed by atoms with van der Waals surface area (Å²) >= 11 is 1.75. The summed E-state index contributed by atoms with van der Waals surface area (Å²) < 4.78 is 0. The van der Waals surface area contributed by atoms with E-state index in [9.17, 15) is 9.59 Å². The molecule has 1 unspecified atom stereocenters. The lowest BCUT2D eigenvalue weighted by Crippen LogP contribution is -2.39. The van der Waals surface area contributed by atoms with E-state index < -0.39 is 11.9 Å². The molecular formula is C10H18N2O3S. The van der Waals surface area contributed by atoms with E-state index in [0.717, 1.165) is 12.2 Å². The Hall–Kier alpha value is -0.910. The lowest BCUT2D eigenvalue weighted by Gasteiger charge is -2.16. The van der Waals surface area contributed by atoms with E-state index in [1.54, 1.807) is 16.7 Å². The van der Waals surface area contributed by atoms with Crippen LogP contribution in [0.15, 0.2) is 0 Å². The minimum atomic E-state index is -0.808. The summed E-state index contributed by atoms with van der Waals surface area (Å²) in [5.41, 5.74) is 0. The average Bonchev–Trinajstić information content (AvgIpc) is 2.73. The first-order valence-corrected chi connectivity index (χ1v) is 6.79. The quantitative estimate of drug-likeness (QED) is 0.706. The summed E-state index contributed by atoms with van der Waals surface area (Å²) in [6, 6.07) is -0.134. The van der Waals surface area contributed by atoms with Gasteiger partial charge in [-0.2, -0.15) is 11.8 Å². The van der Waals surface area contributed by atoms with Crippen molar-refractivity contribution in [1.29, 1.82) is 0 Å². The highest BCUT2D eigenvalue weighted by Gasteiger charge is 2.30. The number of carboxylic acids is 1. The molecule has 0 aromatic carbocycles. The monoisotopic (exact) mass is 246 g/mol. The van der Waals surface area contributed by atoms with Crippen molar-refractivity contribution in [3.8, 4) is 0 Å². The molecule has 0 aromatic rings. The van der Waals surface area contributed by atoms with E-state index in [0.29, 0.717) is 26.1 Å². The Labute approximate surface area is 99.6 Å². The van der Waals surface area contributed by atoms with Crippen molar-refractivity contribution < 1.29 is 14.7 Å². The van der Waals surface area contributed by atoms with Gasteiger partial charge in [0.25, 0.3) is 0 Å². The molecule has 16 heavy (non-hydrogen) atoms. The first-order chi connectivity index (χ1) is 7.65. The Bertz CT molecular complexity index is 260. The number of carbonyl (C=O) groups excluding carboxylic acids is 1. The smallest absolute Gasteiger partial charge is 0.317 e. The van der Waals surface area contributed by atoms with E-state index in [1.807, 2.05) is 6.26 Å². The van der Waals surface area contributed by atoms with Crippen LogP contribution in [0.1, 0.15) is 12.8 Å². The van der Waals surface area contributed by atoms with Gasteiger partial charge in [0.15, 0.2) is 0 Å². The molecule has 0 spiro atoms. The zero-order valence-electron chi connectivity index (χ0n) is 9.44. The van der Waals surface area contributed by atoms with Gasteiger partial charge in [0.2, 0.25) is 0 Å². The standard InChI is InChI=1S/C10H18N2O3S/c1-16-6-2-4-11-10(15)12-5-3-8(7-12)9(13)14/h8H,2-7H2,1H3,(H,11,15)(H,13,14). The summed E-state index contributed by atoms with van der Waals surface area (Å²) in [4.78, 5) is 23.9. The molecule has 2 N–H and O–H groups in total. The molecule has 92 valence electrons. The molecule has 0 bridgehead atoms. The zero-order valence-corrected chi connectivity index (χ0v) is 10.3. The molecule has 1 saturated heterocycles. The second-order valence-corrected chi connectivity index (χ2v) is 4.83. The fraction of sp³-hybridized carbons (Fsp3) is 0.800. The molecule has 0 aliphatic carbocycles. The number of thioether (sulfide) groups is 1. The molecule has 0 radical (unpaired) electrons. The molecule has 1 atom stereocenters. The number of rotatable bonds is 5. The zero-order chi connectivity index (χ0) is 12.0. The fourth-order valence-electron chi connectivity index (χ4n) is 1.67. The maximum absolute atomic E-state index is 11.6. The highest BCUT2D eigenvalue weighted by Crippen LogP contribution is 2.15. The third kappa shape index (κ3) is 3.92. The van der Waals surface area contributed by atoms with Gasteiger partial charge in [-0.05, 0) is 24.9 Å². The second-order valence-electron chi connectivity index (χ2n) is 3.85. The number of nitrogens with one attached hydrogen (secondary N) is 1. The third-order valence-corrected chi connectivity index (χ3v) is 3.32. The predicted octanol–water partition coefficient (Wildman–Crippen LogP) is 0.856. The van der Waals surface area contributed by atoms with Gasteiger partial charge < -0.3 is 15.3 Å². The maximum Gasteiger partial charge on any atom is 0.317 e. The molecule has 6 heteroatoms. The number of carboxylic acid groups (broad SMARTS) is 1. The van der Waals surface area contributed by atoms with E-state index in [1.165, 1.54) is 0 Å². The van der Waals surface area contributed by atoms with E-state index in [-0.39, 0.29) is 6.03 Å². The van der Waals surface area contributed by atoms with Crippen molar-refractivity contribution in [2.75, 3.05) is 31.6 Å². The predicted molar refractivity (Wildman–Crippen MR) is 63.7 cm³/mol. The van der Waals surface area contributed by atoms with Gasteiger partial charge >= 0.3 is 12.0 Å². The average molecular weight is 246 g/mol.